The minimum atomic E-state index is 0.243. The zero-order valence-corrected chi connectivity index (χ0v) is 9.81. The van der Waals surface area contributed by atoms with Crippen LogP contribution in [0.15, 0.2) is 18.5 Å². The second-order valence-corrected chi connectivity index (χ2v) is 4.20. The number of nitrogens with two attached hydrogens (primary N) is 1. The lowest BCUT2D eigenvalue weighted by molar-refractivity contribution is 0.789. The summed E-state index contributed by atoms with van der Waals surface area (Å²) in [6.45, 7) is 4.09. The van der Waals surface area contributed by atoms with Gasteiger partial charge in [0.2, 0.25) is 5.95 Å². The largest absolute Gasteiger partial charge is 0.368 e. The molecule has 0 amide bonds. The Bertz CT molecular complexity index is 506. The van der Waals surface area contributed by atoms with Crippen LogP contribution in [0.5, 0.6) is 0 Å². The van der Waals surface area contributed by atoms with Gasteiger partial charge in [0.05, 0.1) is 23.1 Å². The van der Waals surface area contributed by atoms with E-state index in [-0.39, 0.29) is 11.9 Å². The zero-order chi connectivity index (χ0) is 11.7. The Labute approximate surface area is 98.3 Å². The number of anilines is 1. The van der Waals surface area contributed by atoms with Crippen molar-refractivity contribution in [1.82, 2.24) is 19.7 Å². The van der Waals surface area contributed by atoms with Gasteiger partial charge in [0.1, 0.15) is 0 Å². The standard InChI is InChI=1S/C10H12ClN5/c1-6(2)8-3-9(15-10(12)14-8)16-5-7(11)4-13-16/h3-6H,1-2H3,(H2,12,14,15). The van der Waals surface area contributed by atoms with E-state index < -0.39 is 0 Å². The molecule has 2 heterocycles. The SMILES string of the molecule is CC(C)c1cc(-n2cc(Cl)cn2)nc(N)n1. The molecular formula is C10H12ClN5. The third kappa shape index (κ3) is 2.14. The van der Waals surface area contributed by atoms with E-state index in [0.29, 0.717) is 10.8 Å². The van der Waals surface area contributed by atoms with Crippen molar-refractivity contribution >= 4 is 17.5 Å². The molecule has 0 fully saturated rings. The Balaban J connectivity index is 2.49. The van der Waals surface area contributed by atoms with Crippen LogP contribution in [-0.4, -0.2) is 19.7 Å². The van der Waals surface area contributed by atoms with Gasteiger partial charge in [0.15, 0.2) is 5.82 Å². The van der Waals surface area contributed by atoms with Crippen molar-refractivity contribution in [1.29, 1.82) is 0 Å². The van der Waals surface area contributed by atoms with Crippen LogP contribution >= 0.6 is 11.6 Å². The van der Waals surface area contributed by atoms with E-state index >= 15 is 0 Å². The summed E-state index contributed by atoms with van der Waals surface area (Å²) >= 11 is 5.79. The fourth-order valence-electron chi connectivity index (χ4n) is 1.31. The Morgan fingerprint density at radius 1 is 1.38 bits per heavy atom. The first kappa shape index (κ1) is 10.9. The van der Waals surface area contributed by atoms with Crippen molar-refractivity contribution in [2.75, 3.05) is 5.73 Å². The van der Waals surface area contributed by atoms with E-state index in [4.69, 9.17) is 17.3 Å². The number of hydrogen-bond acceptors (Lipinski definition) is 4. The molecule has 2 aromatic heterocycles. The summed E-state index contributed by atoms with van der Waals surface area (Å²) in [5, 5.41) is 4.63. The number of rotatable bonds is 2. The predicted molar refractivity (Wildman–Crippen MR) is 62.7 cm³/mol. The lowest BCUT2D eigenvalue weighted by Gasteiger charge is -2.07. The van der Waals surface area contributed by atoms with Gasteiger partial charge in [-0.1, -0.05) is 25.4 Å². The van der Waals surface area contributed by atoms with Crippen LogP contribution in [-0.2, 0) is 0 Å². The van der Waals surface area contributed by atoms with E-state index in [0.717, 1.165) is 5.69 Å². The molecule has 5 nitrogen and oxygen atoms in total. The molecule has 84 valence electrons. The van der Waals surface area contributed by atoms with E-state index in [2.05, 4.69) is 15.1 Å². The maximum Gasteiger partial charge on any atom is 0.222 e. The highest BCUT2D eigenvalue weighted by molar-refractivity contribution is 6.30. The third-order valence-electron chi connectivity index (χ3n) is 2.13. The zero-order valence-electron chi connectivity index (χ0n) is 9.05. The first-order chi connectivity index (χ1) is 7.56. The normalized spacial score (nSPS) is 11.0. The van der Waals surface area contributed by atoms with Crippen LogP contribution < -0.4 is 5.73 Å². The average Bonchev–Trinajstić information content (AvgIpc) is 2.64. The van der Waals surface area contributed by atoms with Gasteiger partial charge in [0, 0.05) is 6.07 Å². The lowest BCUT2D eigenvalue weighted by atomic mass is 10.1. The smallest absolute Gasteiger partial charge is 0.222 e. The molecule has 0 aliphatic rings. The Morgan fingerprint density at radius 3 is 2.69 bits per heavy atom. The summed E-state index contributed by atoms with van der Waals surface area (Å²) in [6, 6.07) is 1.85. The summed E-state index contributed by atoms with van der Waals surface area (Å²) in [4.78, 5) is 8.27. The molecule has 0 atom stereocenters. The molecule has 0 aliphatic heterocycles. The van der Waals surface area contributed by atoms with E-state index in [1.54, 1.807) is 17.1 Å². The molecule has 6 heteroatoms. The fourth-order valence-corrected chi connectivity index (χ4v) is 1.45. The second-order valence-electron chi connectivity index (χ2n) is 3.77. The summed E-state index contributed by atoms with van der Waals surface area (Å²) in [7, 11) is 0. The maximum absolute atomic E-state index is 5.79. The highest BCUT2D eigenvalue weighted by atomic mass is 35.5. The van der Waals surface area contributed by atoms with Crippen molar-refractivity contribution in [3.8, 4) is 5.82 Å². The molecule has 0 radical (unpaired) electrons. The first-order valence-corrected chi connectivity index (χ1v) is 5.29. The molecule has 0 saturated carbocycles. The van der Waals surface area contributed by atoms with Crippen LogP contribution in [0.4, 0.5) is 5.95 Å². The van der Waals surface area contributed by atoms with Gasteiger partial charge in [-0.3, -0.25) is 0 Å². The maximum atomic E-state index is 5.79. The molecule has 16 heavy (non-hydrogen) atoms. The van der Waals surface area contributed by atoms with Crippen molar-refractivity contribution in [2.24, 2.45) is 0 Å². The minimum absolute atomic E-state index is 0.243. The molecule has 2 rings (SSSR count). The highest BCUT2D eigenvalue weighted by Gasteiger charge is 2.08. The van der Waals surface area contributed by atoms with Gasteiger partial charge < -0.3 is 5.73 Å². The van der Waals surface area contributed by atoms with Crippen LogP contribution in [0.25, 0.3) is 5.82 Å². The quantitative estimate of drug-likeness (QED) is 0.868. The van der Waals surface area contributed by atoms with E-state index in [1.807, 2.05) is 19.9 Å². The van der Waals surface area contributed by atoms with E-state index in [9.17, 15) is 0 Å². The second kappa shape index (κ2) is 4.09. The molecule has 0 unspecified atom stereocenters. The number of hydrogen-bond donors (Lipinski definition) is 1. The first-order valence-electron chi connectivity index (χ1n) is 4.91. The van der Waals surface area contributed by atoms with E-state index in [1.165, 1.54) is 0 Å². The van der Waals surface area contributed by atoms with Crippen LogP contribution in [0.2, 0.25) is 5.02 Å². The van der Waals surface area contributed by atoms with Gasteiger partial charge in [-0.2, -0.15) is 10.1 Å². The number of aromatic nitrogens is 4. The van der Waals surface area contributed by atoms with Crippen molar-refractivity contribution in [2.45, 2.75) is 19.8 Å². The monoisotopic (exact) mass is 237 g/mol. The summed E-state index contributed by atoms with van der Waals surface area (Å²) in [5.74, 6) is 1.16. The Kier molecular flexibility index (Phi) is 2.78. The molecule has 0 spiro atoms. The molecular weight excluding hydrogens is 226 g/mol. The van der Waals surface area contributed by atoms with Crippen LogP contribution in [0.1, 0.15) is 25.5 Å². The molecule has 2 N–H and O–H groups in total. The van der Waals surface area contributed by atoms with Gasteiger partial charge in [-0.25, -0.2) is 9.67 Å². The predicted octanol–water partition coefficient (Wildman–Crippen LogP) is 2.02. The number of nitrogens with zero attached hydrogens (tertiary/aromatic N) is 4. The summed E-state index contributed by atoms with van der Waals surface area (Å²) in [5.41, 5.74) is 6.53. The van der Waals surface area contributed by atoms with Crippen LogP contribution in [0.3, 0.4) is 0 Å². The molecule has 0 aliphatic carbocycles. The number of nitrogen functional groups attached to an aromatic ring is 1. The van der Waals surface area contributed by atoms with Crippen molar-refractivity contribution in [3.05, 3.63) is 29.2 Å². The lowest BCUT2D eigenvalue weighted by Crippen LogP contribution is -2.06. The molecule has 0 bridgehead atoms. The van der Waals surface area contributed by atoms with Crippen molar-refractivity contribution < 1.29 is 0 Å². The number of halogens is 1. The van der Waals surface area contributed by atoms with Gasteiger partial charge in [-0.05, 0) is 5.92 Å². The summed E-state index contributed by atoms with van der Waals surface area (Å²) < 4.78 is 1.58. The molecule has 0 aromatic carbocycles. The van der Waals surface area contributed by atoms with Crippen LogP contribution in [0, 0.1) is 0 Å². The molecule has 0 saturated heterocycles. The third-order valence-corrected chi connectivity index (χ3v) is 2.32. The van der Waals surface area contributed by atoms with Gasteiger partial charge in [-0.15, -0.1) is 0 Å². The Hall–Kier alpha value is -1.62. The van der Waals surface area contributed by atoms with Crippen molar-refractivity contribution in [3.63, 3.8) is 0 Å². The molecule has 2 aromatic rings. The minimum Gasteiger partial charge on any atom is -0.368 e. The highest BCUT2D eigenvalue weighted by Crippen LogP contribution is 2.16. The Morgan fingerprint density at radius 2 is 2.12 bits per heavy atom. The topological polar surface area (TPSA) is 69.6 Å². The fraction of sp³-hybridized carbons (Fsp3) is 0.300. The van der Waals surface area contributed by atoms with Gasteiger partial charge >= 0.3 is 0 Å². The van der Waals surface area contributed by atoms with Gasteiger partial charge in [0.25, 0.3) is 0 Å². The summed E-state index contributed by atoms with van der Waals surface area (Å²) in [6.07, 6.45) is 3.22. The average molecular weight is 238 g/mol.